The van der Waals surface area contributed by atoms with Gasteiger partial charge in [0.2, 0.25) is 0 Å². The first-order chi connectivity index (χ1) is 12.0. The van der Waals surface area contributed by atoms with E-state index >= 15 is 0 Å². The quantitative estimate of drug-likeness (QED) is 0.706. The summed E-state index contributed by atoms with van der Waals surface area (Å²) in [5, 5.41) is 0. The lowest BCUT2D eigenvalue weighted by Crippen LogP contribution is -2.43. The zero-order valence-electron chi connectivity index (χ0n) is 15.3. The van der Waals surface area contributed by atoms with E-state index in [1.807, 2.05) is 6.07 Å². The maximum Gasteiger partial charge on any atom is 0.151 e. The van der Waals surface area contributed by atoms with Gasteiger partial charge in [-0.2, -0.15) is 0 Å². The summed E-state index contributed by atoms with van der Waals surface area (Å²) < 4.78 is 5.91. The lowest BCUT2D eigenvalue weighted by Gasteiger charge is -2.39. The molecule has 0 bridgehead atoms. The minimum Gasteiger partial charge on any atom is -0.463 e. The molecule has 1 aromatic carbocycles. The minimum absolute atomic E-state index is 0.0481. The van der Waals surface area contributed by atoms with Crippen molar-refractivity contribution in [1.29, 1.82) is 0 Å². The number of carbonyl (C=O) groups is 1. The van der Waals surface area contributed by atoms with Crippen molar-refractivity contribution in [3.8, 4) is 0 Å². The number of rotatable bonds is 1. The molecule has 1 aromatic heterocycles. The number of fused-ring (bicyclic) bond motifs is 2. The summed E-state index contributed by atoms with van der Waals surface area (Å²) >= 11 is 0. The van der Waals surface area contributed by atoms with Gasteiger partial charge in [-0.15, -0.1) is 0 Å². The highest BCUT2D eigenvalue weighted by atomic mass is 16.3. The highest BCUT2D eigenvalue weighted by Crippen LogP contribution is 2.48. The topological polar surface area (TPSA) is 42.6 Å². The van der Waals surface area contributed by atoms with Crippen molar-refractivity contribution in [2.75, 3.05) is 0 Å². The molecule has 4 rings (SSSR count). The number of furan rings is 1. The molecule has 0 spiro atoms. The van der Waals surface area contributed by atoms with E-state index in [4.69, 9.17) is 9.41 Å². The van der Waals surface area contributed by atoms with E-state index in [0.29, 0.717) is 12.2 Å². The van der Waals surface area contributed by atoms with Gasteiger partial charge in [-0.3, -0.25) is 4.79 Å². The largest absolute Gasteiger partial charge is 0.463 e. The Hall–Kier alpha value is -2.16. The molecule has 2 atom stereocenters. The third-order valence-corrected chi connectivity index (χ3v) is 6.15. The molecule has 3 nitrogen and oxygen atoms in total. The summed E-state index contributed by atoms with van der Waals surface area (Å²) in [4.78, 5) is 17.9. The standard InChI is InChI=1S/C22H25NO2/c1-14-6-4-7-15(2)19(14)23-21-20-16(11-13-25-20)9-10-17-18(24)8-5-12-22(17,21)3/h4,6-7,11,13,17H,5,8-10,12H2,1-3H3/t17?,22-/m1/s1. The highest BCUT2D eigenvalue weighted by molar-refractivity contribution is 6.08. The first kappa shape index (κ1) is 16.3. The monoisotopic (exact) mass is 335 g/mol. The summed E-state index contributed by atoms with van der Waals surface area (Å²) in [6, 6.07) is 8.30. The fourth-order valence-corrected chi connectivity index (χ4v) is 4.67. The average Bonchev–Trinajstić information content (AvgIpc) is 2.98. The highest BCUT2D eigenvalue weighted by Gasteiger charge is 2.48. The van der Waals surface area contributed by atoms with E-state index in [1.165, 1.54) is 5.56 Å². The second-order valence-corrected chi connectivity index (χ2v) is 7.80. The predicted octanol–water partition coefficient (Wildman–Crippen LogP) is 5.34. The number of nitrogens with zero attached hydrogens (tertiary/aromatic N) is 1. The molecule has 2 aliphatic rings. The number of aliphatic imine (C=N–C) groups is 1. The van der Waals surface area contributed by atoms with Crippen LogP contribution < -0.4 is 0 Å². The lowest BCUT2D eigenvalue weighted by molar-refractivity contribution is -0.128. The number of ketones is 1. The Morgan fingerprint density at radius 3 is 2.68 bits per heavy atom. The van der Waals surface area contributed by atoms with E-state index < -0.39 is 0 Å². The molecular weight excluding hydrogens is 310 g/mol. The van der Waals surface area contributed by atoms with Gasteiger partial charge in [0.25, 0.3) is 0 Å². The molecule has 0 radical (unpaired) electrons. The second kappa shape index (κ2) is 5.98. The zero-order valence-corrected chi connectivity index (χ0v) is 15.3. The van der Waals surface area contributed by atoms with Crippen LogP contribution in [0.15, 0.2) is 39.9 Å². The smallest absolute Gasteiger partial charge is 0.151 e. The molecule has 1 unspecified atom stereocenters. The molecule has 1 saturated carbocycles. The van der Waals surface area contributed by atoms with Gasteiger partial charge in [0.05, 0.1) is 17.7 Å². The Morgan fingerprint density at radius 2 is 1.92 bits per heavy atom. The summed E-state index contributed by atoms with van der Waals surface area (Å²) in [7, 11) is 0. The molecular formula is C22H25NO2. The first-order valence-electron chi connectivity index (χ1n) is 9.25. The molecule has 3 heteroatoms. The Morgan fingerprint density at radius 1 is 1.16 bits per heavy atom. The van der Waals surface area contributed by atoms with E-state index in [-0.39, 0.29) is 11.3 Å². The molecule has 1 fully saturated rings. The molecule has 0 N–H and O–H groups in total. The third kappa shape index (κ3) is 2.57. The van der Waals surface area contributed by atoms with Crippen molar-refractivity contribution in [2.24, 2.45) is 16.3 Å². The molecule has 25 heavy (non-hydrogen) atoms. The van der Waals surface area contributed by atoms with Crippen LogP contribution in [0.3, 0.4) is 0 Å². The van der Waals surface area contributed by atoms with Gasteiger partial charge in [-0.1, -0.05) is 25.1 Å². The number of aryl methyl sites for hydroxylation is 3. The molecule has 130 valence electrons. The minimum atomic E-state index is -0.243. The van der Waals surface area contributed by atoms with Crippen LogP contribution in [0, 0.1) is 25.2 Å². The maximum atomic E-state index is 12.7. The second-order valence-electron chi connectivity index (χ2n) is 7.80. The van der Waals surface area contributed by atoms with Gasteiger partial charge in [-0.25, -0.2) is 4.99 Å². The lowest BCUT2D eigenvalue weighted by atomic mass is 9.63. The summed E-state index contributed by atoms with van der Waals surface area (Å²) in [5.41, 5.74) is 5.25. The van der Waals surface area contributed by atoms with Crippen LogP contribution in [0.1, 0.15) is 55.1 Å². The third-order valence-electron chi connectivity index (χ3n) is 6.15. The Balaban J connectivity index is 1.95. The van der Waals surface area contributed by atoms with Gasteiger partial charge >= 0.3 is 0 Å². The Bertz CT molecular complexity index is 840. The van der Waals surface area contributed by atoms with Crippen molar-refractivity contribution >= 4 is 17.2 Å². The molecule has 0 aliphatic heterocycles. The van der Waals surface area contributed by atoms with Crippen LogP contribution in [0.4, 0.5) is 5.69 Å². The molecule has 0 amide bonds. The maximum absolute atomic E-state index is 12.7. The summed E-state index contributed by atoms with van der Waals surface area (Å²) in [6.45, 7) is 6.41. The molecule has 0 saturated heterocycles. The number of para-hydroxylation sites is 1. The van der Waals surface area contributed by atoms with Gasteiger partial charge in [0, 0.05) is 17.8 Å². The van der Waals surface area contributed by atoms with Gasteiger partial charge in [0.15, 0.2) is 5.76 Å². The Kier molecular flexibility index (Phi) is 3.90. The number of carbonyl (C=O) groups excluding carboxylic acids is 1. The zero-order chi connectivity index (χ0) is 17.6. The predicted molar refractivity (Wildman–Crippen MR) is 99.6 cm³/mol. The number of Topliss-reactive ketones (excluding diaryl/α,β-unsaturated/α-hetero) is 1. The van der Waals surface area contributed by atoms with Gasteiger partial charge in [-0.05, 0) is 62.3 Å². The van der Waals surface area contributed by atoms with Gasteiger partial charge < -0.3 is 4.42 Å². The fourth-order valence-electron chi connectivity index (χ4n) is 4.67. The molecule has 2 aliphatic carbocycles. The average molecular weight is 335 g/mol. The van der Waals surface area contributed by atoms with Crippen LogP contribution in [-0.4, -0.2) is 11.5 Å². The summed E-state index contributed by atoms with van der Waals surface area (Å²) in [5.74, 6) is 1.34. The SMILES string of the molecule is Cc1cccc(C)c1N=C1c2occc2CCC2C(=O)CCC[C@@]12C. The number of hydrogen-bond donors (Lipinski definition) is 0. The number of hydrogen-bond acceptors (Lipinski definition) is 3. The van der Waals surface area contributed by atoms with Crippen LogP contribution in [0.25, 0.3) is 0 Å². The molecule has 1 heterocycles. The number of benzene rings is 1. The van der Waals surface area contributed by atoms with E-state index in [2.05, 4.69) is 39.0 Å². The van der Waals surface area contributed by atoms with Crippen LogP contribution >= 0.6 is 0 Å². The normalized spacial score (nSPS) is 27.7. The van der Waals surface area contributed by atoms with Gasteiger partial charge in [0.1, 0.15) is 5.78 Å². The summed E-state index contributed by atoms with van der Waals surface area (Å²) in [6.07, 6.45) is 6.19. The Labute approximate surface area is 149 Å². The first-order valence-corrected chi connectivity index (χ1v) is 9.25. The van der Waals surface area contributed by atoms with Crippen LogP contribution in [-0.2, 0) is 11.2 Å². The van der Waals surface area contributed by atoms with Crippen molar-refractivity contribution < 1.29 is 9.21 Å². The van der Waals surface area contributed by atoms with E-state index in [0.717, 1.165) is 54.0 Å². The van der Waals surface area contributed by atoms with Crippen LogP contribution in [0.2, 0.25) is 0 Å². The van der Waals surface area contributed by atoms with E-state index in [9.17, 15) is 4.79 Å². The molecule has 2 aromatic rings. The van der Waals surface area contributed by atoms with Crippen molar-refractivity contribution in [3.05, 3.63) is 53.0 Å². The van der Waals surface area contributed by atoms with Crippen LogP contribution in [0.5, 0.6) is 0 Å². The van der Waals surface area contributed by atoms with E-state index in [1.54, 1.807) is 6.26 Å². The fraction of sp³-hybridized carbons (Fsp3) is 0.455. The van der Waals surface area contributed by atoms with Crippen molar-refractivity contribution in [3.63, 3.8) is 0 Å². The van der Waals surface area contributed by atoms with Crippen molar-refractivity contribution in [1.82, 2.24) is 0 Å². The van der Waals surface area contributed by atoms with Crippen molar-refractivity contribution in [2.45, 2.75) is 52.9 Å².